The molecule has 76 valence electrons. The highest BCUT2D eigenvalue weighted by Crippen LogP contribution is 2.08. The zero-order valence-corrected chi connectivity index (χ0v) is 8.20. The molecule has 4 heteroatoms. The molecule has 0 radical (unpaired) electrons. The number of aldehydes is 1. The van der Waals surface area contributed by atoms with Crippen molar-refractivity contribution in [2.75, 3.05) is 19.6 Å². The van der Waals surface area contributed by atoms with Gasteiger partial charge in [-0.05, 0) is 32.0 Å². The quantitative estimate of drug-likeness (QED) is 0.721. The third kappa shape index (κ3) is 2.20. The van der Waals surface area contributed by atoms with Gasteiger partial charge >= 0.3 is 0 Å². The molecule has 14 heavy (non-hydrogen) atoms. The Balaban J connectivity index is 1.81. The summed E-state index contributed by atoms with van der Waals surface area (Å²) in [5.74, 6) is 0. The maximum atomic E-state index is 10.4. The third-order valence-electron chi connectivity index (χ3n) is 2.67. The Morgan fingerprint density at radius 2 is 2.29 bits per heavy atom. The first-order valence-electron chi connectivity index (χ1n) is 5.10. The van der Waals surface area contributed by atoms with Crippen LogP contribution in [0.4, 0.5) is 0 Å². The predicted octanol–water partition coefficient (Wildman–Crippen LogP) is 0.860. The van der Waals surface area contributed by atoms with Crippen LogP contribution < -0.4 is 0 Å². The van der Waals surface area contributed by atoms with Crippen molar-refractivity contribution in [3.05, 3.63) is 17.5 Å². The number of hydrogen-bond acceptors (Lipinski definition) is 3. The second-order valence-corrected chi connectivity index (χ2v) is 3.73. The number of aromatic amines is 1. The highest BCUT2D eigenvalue weighted by Gasteiger charge is 2.11. The van der Waals surface area contributed by atoms with Gasteiger partial charge in [-0.1, -0.05) is 0 Å². The van der Waals surface area contributed by atoms with Crippen molar-refractivity contribution in [3.8, 4) is 0 Å². The van der Waals surface area contributed by atoms with Crippen LogP contribution in [0.2, 0.25) is 0 Å². The highest BCUT2D eigenvalue weighted by atomic mass is 16.1. The predicted molar refractivity (Wildman–Crippen MR) is 53.4 cm³/mol. The first-order chi connectivity index (χ1) is 6.88. The molecule has 1 aromatic heterocycles. The fraction of sp³-hybridized carbons (Fsp3) is 0.600. The number of rotatable bonds is 4. The Kier molecular flexibility index (Phi) is 2.93. The van der Waals surface area contributed by atoms with E-state index in [9.17, 15) is 4.79 Å². The standard InChI is InChI=1S/C10H15N3O/c14-8-10-7-9(11-12-10)3-6-13-4-1-2-5-13/h7-8H,1-6H2,(H,11,12). The van der Waals surface area contributed by atoms with E-state index < -0.39 is 0 Å². The van der Waals surface area contributed by atoms with Crippen LogP contribution in [-0.4, -0.2) is 41.0 Å². The van der Waals surface area contributed by atoms with E-state index in [0.29, 0.717) is 5.69 Å². The van der Waals surface area contributed by atoms with E-state index >= 15 is 0 Å². The summed E-state index contributed by atoms with van der Waals surface area (Å²) in [7, 11) is 0. The Labute approximate surface area is 83.3 Å². The molecule has 1 aliphatic heterocycles. The Morgan fingerprint density at radius 3 is 2.93 bits per heavy atom. The van der Waals surface area contributed by atoms with E-state index in [1.165, 1.54) is 25.9 Å². The van der Waals surface area contributed by atoms with Crippen molar-refractivity contribution in [2.24, 2.45) is 0 Å². The fourth-order valence-electron chi connectivity index (χ4n) is 1.85. The molecule has 0 unspecified atom stereocenters. The summed E-state index contributed by atoms with van der Waals surface area (Å²) in [6.45, 7) is 3.50. The lowest BCUT2D eigenvalue weighted by atomic mass is 10.3. The van der Waals surface area contributed by atoms with Crippen LogP contribution in [0.1, 0.15) is 29.0 Å². The van der Waals surface area contributed by atoms with Gasteiger partial charge in [-0.15, -0.1) is 0 Å². The summed E-state index contributed by atoms with van der Waals surface area (Å²) in [4.78, 5) is 12.8. The molecule has 0 amide bonds. The largest absolute Gasteiger partial charge is 0.303 e. The van der Waals surface area contributed by atoms with Crippen molar-refractivity contribution >= 4 is 6.29 Å². The van der Waals surface area contributed by atoms with Crippen LogP contribution >= 0.6 is 0 Å². The van der Waals surface area contributed by atoms with Crippen LogP contribution in [0, 0.1) is 0 Å². The van der Waals surface area contributed by atoms with Gasteiger partial charge in [-0.2, -0.15) is 5.10 Å². The molecule has 1 fully saturated rings. The summed E-state index contributed by atoms with van der Waals surface area (Å²) in [5.41, 5.74) is 1.56. The van der Waals surface area contributed by atoms with Crippen LogP contribution in [0.15, 0.2) is 6.07 Å². The van der Waals surface area contributed by atoms with Crippen molar-refractivity contribution in [1.82, 2.24) is 15.1 Å². The van der Waals surface area contributed by atoms with E-state index in [1.807, 2.05) is 6.07 Å². The number of hydrogen-bond donors (Lipinski definition) is 1. The summed E-state index contributed by atoms with van der Waals surface area (Å²) in [6.07, 6.45) is 4.38. The zero-order chi connectivity index (χ0) is 9.80. The lowest BCUT2D eigenvalue weighted by molar-refractivity contribution is 0.111. The number of nitrogens with one attached hydrogen (secondary N) is 1. The molecule has 1 aromatic rings. The van der Waals surface area contributed by atoms with E-state index in [0.717, 1.165) is 24.9 Å². The number of carbonyl (C=O) groups excluding carboxylic acids is 1. The van der Waals surface area contributed by atoms with Gasteiger partial charge in [0.2, 0.25) is 0 Å². The van der Waals surface area contributed by atoms with Crippen LogP contribution in [0.25, 0.3) is 0 Å². The van der Waals surface area contributed by atoms with Gasteiger partial charge in [0.25, 0.3) is 0 Å². The number of nitrogens with zero attached hydrogens (tertiary/aromatic N) is 2. The minimum absolute atomic E-state index is 0.501. The first-order valence-corrected chi connectivity index (χ1v) is 5.10. The molecule has 1 N–H and O–H groups in total. The van der Waals surface area contributed by atoms with Gasteiger partial charge in [-0.25, -0.2) is 0 Å². The molecule has 0 aliphatic carbocycles. The van der Waals surface area contributed by atoms with Gasteiger partial charge in [-0.3, -0.25) is 9.89 Å². The second-order valence-electron chi connectivity index (χ2n) is 3.73. The van der Waals surface area contributed by atoms with Gasteiger partial charge in [0.15, 0.2) is 6.29 Å². The van der Waals surface area contributed by atoms with Crippen molar-refractivity contribution in [1.29, 1.82) is 0 Å². The number of carbonyl (C=O) groups is 1. The molecule has 4 nitrogen and oxygen atoms in total. The lowest BCUT2D eigenvalue weighted by Gasteiger charge is -2.12. The summed E-state index contributed by atoms with van der Waals surface area (Å²) in [6, 6.07) is 1.82. The molecule has 0 spiro atoms. The van der Waals surface area contributed by atoms with E-state index in [2.05, 4.69) is 15.1 Å². The molecule has 2 heterocycles. The third-order valence-corrected chi connectivity index (χ3v) is 2.67. The molecule has 2 rings (SSSR count). The number of likely N-dealkylation sites (tertiary alicyclic amines) is 1. The average molecular weight is 193 g/mol. The Morgan fingerprint density at radius 1 is 1.50 bits per heavy atom. The molecular weight excluding hydrogens is 178 g/mol. The van der Waals surface area contributed by atoms with Crippen LogP contribution in [0.5, 0.6) is 0 Å². The molecule has 0 saturated carbocycles. The van der Waals surface area contributed by atoms with E-state index in [4.69, 9.17) is 0 Å². The number of aromatic nitrogens is 2. The second kappa shape index (κ2) is 4.37. The summed E-state index contributed by atoms with van der Waals surface area (Å²) < 4.78 is 0. The smallest absolute Gasteiger partial charge is 0.170 e. The minimum Gasteiger partial charge on any atom is -0.303 e. The van der Waals surface area contributed by atoms with Crippen LogP contribution in [0.3, 0.4) is 0 Å². The van der Waals surface area contributed by atoms with Crippen LogP contribution in [-0.2, 0) is 6.42 Å². The number of H-pyrrole nitrogens is 1. The molecule has 0 bridgehead atoms. The zero-order valence-electron chi connectivity index (χ0n) is 8.20. The van der Waals surface area contributed by atoms with Gasteiger partial charge in [0.1, 0.15) is 5.69 Å². The van der Waals surface area contributed by atoms with E-state index in [1.54, 1.807) is 0 Å². The van der Waals surface area contributed by atoms with Crippen molar-refractivity contribution < 1.29 is 4.79 Å². The SMILES string of the molecule is O=Cc1cc(CCN2CCCC2)[nH]n1. The molecular formula is C10H15N3O. The molecule has 1 saturated heterocycles. The topological polar surface area (TPSA) is 49.0 Å². The molecule has 0 aromatic carbocycles. The molecule has 0 atom stereocenters. The summed E-state index contributed by atoms with van der Waals surface area (Å²) in [5, 5.41) is 6.74. The average Bonchev–Trinajstić information content (AvgIpc) is 2.86. The fourth-order valence-corrected chi connectivity index (χ4v) is 1.85. The maximum Gasteiger partial charge on any atom is 0.170 e. The highest BCUT2D eigenvalue weighted by molar-refractivity contribution is 5.71. The van der Waals surface area contributed by atoms with Gasteiger partial charge in [0, 0.05) is 18.7 Å². The first kappa shape index (κ1) is 9.40. The minimum atomic E-state index is 0.501. The molecule has 1 aliphatic rings. The van der Waals surface area contributed by atoms with Crippen molar-refractivity contribution in [3.63, 3.8) is 0 Å². The van der Waals surface area contributed by atoms with Crippen molar-refractivity contribution in [2.45, 2.75) is 19.3 Å². The summed E-state index contributed by atoms with van der Waals surface area (Å²) >= 11 is 0. The van der Waals surface area contributed by atoms with Gasteiger partial charge in [0.05, 0.1) is 0 Å². The lowest BCUT2D eigenvalue weighted by Crippen LogP contribution is -2.22. The Bertz CT molecular complexity index is 302. The maximum absolute atomic E-state index is 10.4. The van der Waals surface area contributed by atoms with Gasteiger partial charge < -0.3 is 4.90 Å². The monoisotopic (exact) mass is 193 g/mol. The van der Waals surface area contributed by atoms with E-state index in [-0.39, 0.29) is 0 Å². The normalized spacial score (nSPS) is 17.4. The Hall–Kier alpha value is -1.16.